The zero-order valence-electron chi connectivity index (χ0n) is 11.8. The summed E-state index contributed by atoms with van der Waals surface area (Å²) in [6.07, 6.45) is 1.05. The third-order valence-electron chi connectivity index (χ3n) is 3.63. The Morgan fingerprint density at radius 2 is 2.21 bits per heavy atom. The molecule has 0 saturated carbocycles. The highest BCUT2D eigenvalue weighted by atomic mass is 35.5. The van der Waals surface area contributed by atoms with Gasteiger partial charge in [0.05, 0.1) is 24.2 Å². The second-order valence-electron chi connectivity index (χ2n) is 5.78. The first-order valence-corrected chi connectivity index (χ1v) is 7.01. The number of fused-ring (bicyclic) bond motifs is 1. The summed E-state index contributed by atoms with van der Waals surface area (Å²) in [6, 6.07) is 3.82. The average Bonchev–Trinajstić information content (AvgIpc) is 2.35. The third kappa shape index (κ3) is 2.57. The van der Waals surface area contributed by atoms with Crippen molar-refractivity contribution in [1.82, 2.24) is 0 Å². The van der Waals surface area contributed by atoms with Crippen molar-refractivity contribution >= 4 is 23.1 Å². The highest BCUT2D eigenvalue weighted by molar-refractivity contribution is 6.31. The van der Waals surface area contributed by atoms with Gasteiger partial charge in [0.2, 0.25) is 0 Å². The second-order valence-corrected chi connectivity index (χ2v) is 6.05. The number of alkyl halides is 1. The summed E-state index contributed by atoms with van der Waals surface area (Å²) in [5.74, 6) is 0.899. The molecule has 19 heavy (non-hydrogen) atoms. The topological polar surface area (TPSA) is 38.3 Å². The van der Waals surface area contributed by atoms with E-state index in [1.807, 2.05) is 12.1 Å². The molecule has 4 heteroatoms. The summed E-state index contributed by atoms with van der Waals surface area (Å²) < 4.78 is 5.47. The Labute approximate surface area is 119 Å². The van der Waals surface area contributed by atoms with Crippen molar-refractivity contribution in [3.63, 3.8) is 0 Å². The first-order valence-electron chi connectivity index (χ1n) is 6.48. The summed E-state index contributed by atoms with van der Waals surface area (Å²) in [6.45, 7) is 6.51. The molecule has 1 aromatic carbocycles. The Bertz CT molecular complexity index is 511. The fourth-order valence-electron chi connectivity index (χ4n) is 2.91. The Kier molecular flexibility index (Phi) is 3.77. The number of hydrogen-bond acceptors (Lipinski definition) is 3. The maximum Gasteiger partial charge on any atom is 0.181 e. The number of benzene rings is 1. The van der Waals surface area contributed by atoms with E-state index >= 15 is 0 Å². The van der Waals surface area contributed by atoms with E-state index in [-0.39, 0.29) is 17.2 Å². The molecule has 0 radical (unpaired) electrons. The van der Waals surface area contributed by atoms with Crippen LogP contribution in [0.5, 0.6) is 5.75 Å². The van der Waals surface area contributed by atoms with Crippen LogP contribution >= 0.6 is 11.6 Å². The van der Waals surface area contributed by atoms with Crippen molar-refractivity contribution in [2.45, 2.75) is 38.6 Å². The lowest BCUT2D eigenvalue weighted by Crippen LogP contribution is -2.37. The van der Waals surface area contributed by atoms with Gasteiger partial charge in [-0.1, -0.05) is 13.0 Å². The van der Waals surface area contributed by atoms with Crippen LogP contribution in [0.4, 0.5) is 5.69 Å². The van der Waals surface area contributed by atoms with Gasteiger partial charge in [0.15, 0.2) is 11.5 Å². The lowest BCUT2D eigenvalue weighted by molar-refractivity contribution is 0.101. The van der Waals surface area contributed by atoms with Crippen LogP contribution in [0, 0.1) is 0 Å². The Morgan fingerprint density at radius 3 is 2.79 bits per heavy atom. The number of anilines is 1. The van der Waals surface area contributed by atoms with Crippen molar-refractivity contribution in [3.8, 4) is 5.75 Å². The molecule has 1 heterocycles. The van der Waals surface area contributed by atoms with E-state index in [9.17, 15) is 4.79 Å². The monoisotopic (exact) mass is 281 g/mol. The molecule has 0 fully saturated rings. The molecule has 104 valence electrons. The van der Waals surface area contributed by atoms with E-state index < -0.39 is 0 Å². The minimum atomic E-state index is -0.112. The Hall–Kier alpha value is -1.22. The van der Waals surface area contributed by atoms with Crippen molar-refractivity contribution in [2.75, 3.05) is 18.3 Å². The molecule has 1 atom stereocenters. The largest absolute Gasteiger partial charge is 0.494 e. The minimum absolute atomic E-state index is 0.0116. The molecule has 1 aromatic rings. The summed E-state index contributed by atoms with van der Waals surface area (Å²) in [5, 5.41) is 3.49. The van der Waals surface area contributed by atoms with Crippen molar-refractivity contribution in [2.24, 2.45) is 0 Å². The summed E-state index contributed by atoms with van der Waals surface area (Å²) in [7, 11) is 1.59. The van der Waals surface area contributed by atoms with Crippen LogP contribution in [0.15, 0.2) is 12.1 Å². The number of ether oxygens (including phenoxy) is 1. The summed E-state index contributed by atoms with van der Waals surface area (Å²) in [4.78, 5) is 11.9. The van der Waals surface area contributed by atoms with Gasteiger partial charge in [-0.3, -0.25) is 4.79 Å². The molecule has 3 nitrogen and oxygen atoms in total. The van der Waals surface area contributed by atoms with E-state index in [2.05, 4.69) is 26.1 Å². The number of rotatable bonds is 3. The highest BCUT2D eigenvalue weighted by Crippen LogP contribution is 2.44. The van der Waals surface area contributed by atoms with Gasteiger partial charge in [-0.15, -0.1) is 11.6 Å². The lowest BCUT2D eigenvalue weighted by Gasteiger charge is -2.38. The normalized spacial score (nSPS) is 20.4. The standard InChI is InChI=1S/C15H20ClNO2/c1-9-7-15(2,3)17-13-10(9)5-6-11(12(18)8-16)14(13)19-4/h5-6,9,17H,7-8H2,1-4H3. The predicted octanol–water partition coefficient (Wildman–Crippen LogP) is 3.81. The second kappa shape index (κ2) is 5.04. The molecular weight excluding hydrogens is 262 g/mol. The first kappa shape index (κ1) is 14.2. The minimum Gasteiger partial charge on any atom is -0.494 e. The predicted molar refractivity (Wildman–Crippen MR) is 78.8 cm³/mol. The van der Waals surface area contributed by atoms with Gasteiger partial charge in [-0.25, -0.2) is 0 Å². The number of carbonyl (C=O) groups excluding carboxylic acids is 1. The zero-order chi connectivity index (χ0) is 14.2. The Balaban J connectivity index is 2.59. The number of hydrogen-bond donors (Lipinski definition) is 1. The van der Waals surface area contributed by atoms with E-state index in [0.717, 1.165) is 12.1 Å². The van der Waals surface area contributed by atoms with Crippen LogP contribution in [-0.2, 0) is 0 Å². The van der Waals surface area contributed by atoms with Crippen LogP contribution in [0.2, 0.25) is 0 Å². The Morgan fingerprint density at radius 1 is 1.53 bits per heavy atom. The molecule has 0 amide bonds. The van der Waals surface area contributed by atoms with Crippen LogP contribution in [0.25, 0.3) is 0 Å². The number of halogens is 1. The lowest BCUT2D eigenvalue weighted by atomic mass is 9.81. The third-order valence-corrected chi connectivity index (χ3v) is 3.87. The maximum absolute atomic E-state index is 11.9. The zero-order valence-corrected chi connectivity index (χ0v) is 12.6. The first-order chi connectivity index (χ1) is 8.89. The highest BCUT2D eigenvalue weighted by Gasteiger charge is 2.32. The van der Waals surface area contributed by atoms with Gasteiger partial charge in [0.25, 0.3) is 0 Å². The number of methoxy groups -OCH3 is 1. The van der Waals surface area contributed by atoms with Gasteiger partial charge >= 0.3 is 0 Å². The van der Waals surface area contributed by atoms with Crippen LogP contribution in [0.3, 0.4) is 0 Å². The van der Waals surface area contributed by atoms with Crippen LogP contribution < -0.4 is 10.1 Å². The summed E-state index contributed by atoms with van der Waals surface area (Å²) >= 11 is 5.66. The van der Waals surface area contributed by atoms with Gasteiger partial charge in [0, 0.05) is 5.54 Å². The number of Topliss-reactive ketones (excluding diaryl/α,β-unsaturated/α-hetero) is 1. The van der Waals surface area contributed by atoms with Gasteiger partial charge < -0.3 is 10.1 Å². The van der Waals surface area contributed by atoms with Crippen molar-refractivity contribution in [3.05, 3.63) is 23.3 Å². The van der Waals surface area contributed by atoms with Crippen LogP contribution in [0.1, 0.15) is 49.0 Å². The fourth-order valence-corrected chi connectivity index (χ4v) is 3.05. The van der Waals surface area contributed by atoms with E-state index in [0.29, 0.717) is 17.2 Å². The smallest absolute Gasteiger partial charge is 0.181 e. The SMILES string of the molecule is COc1c(C(=O)CCl)ccc2c1NC(C)(C)CC2C. The molecule has 0 aromatic heterocycles. The van der Waals surface area contributed by atoms with Gasteiger partial charge in [0.1, 0.15) is 0 Å². The molecule has 1 aliphatic rings. The van der Waals surface area contributed by atoms with Crippen molar-refractivity contribution in [1.29, 1.82) is 0 Å². The molecule has 0 bridgehead atoms. The molecule has 1 N–H and O–H groups in total. The van der Waals surface area contributed by atoms with Gasteiger partial charge in [-0.2, -0.15) is 0 Å². The van der Waals surface area contributed by atoms with E-state index in [4.69, 9.17) is 16.3 Å². The van der Waals surface area contributed by atoms with Gasteiger partial charge in [-0.05, 0) is 37.8 Å². The van der Waals surface area contributed by atoms with Crippen molar-refractivity contribution < 1.29 is 9.53 Å². The van der Waals surface area contributed by atoms with E-state index in [1.54, 1.807) is 7.11 Å². The molecule has 1 unspecified atom stereocenters. The van der Waals surface area contributed by atoms with E-state index in [1.165, 1.54) is 5.56 Å². The quantitative estimate of drug-likeness (QED) is 0.676. The number of ketones is 1. The average molecular weight is 282 g/mol. The molecule has 0 spiro atoms. The fraction of sp³-hybridized carbons (Fsp3) is 0.533. The molecule has 0 aliphatic carbocycles. The molecule has 2 rings (SSSR count). The summed E-state index contributed by atoms with van der Waals surface area (Å²) in [5.41, 5.74) is 2.67. The molecular formula is C15H20ClNO2. The molecule has 1 aliphatic heterocycles. The maximum atomic E-state index is 11.9. The molecule has 0 saturated heterocycles. The number of nitrogens with one attached hydrogen (secondary N) is 1. The van der Waals surface area contributed by atoms with Crippen LogP contribution in [-0.4, -0.2) is 24.3 Å². The number of carbonyl (C=O) groups is 1.